The predicted molar refractivity (Wildman–Crippen MR) is 355 cm³/mol. The number of carbonyl (C=O) groups is 2. The van der Waals surface area contributed by atoms with Crippen LogP contribution in [0.2, 0.25) is 0 Å². The van der Waals surface area contributed by atoms with Gasteiger partial charge in [-0.05, 0) is 63.9 Å². The molecule has 9 nitrogen and oxygen atoms in total. The van der Waals surface area contributed by atoms with Crippen LogP contribution in [-0.2, 0) is 27.9 Å². The van der Waals surface area contributed by atoms with Crippen LogP contribution in [0.3, 0.4) is 0 Å². The van der Waals surface area contributed by atoms with Gasteiger partial charge in [0, 0.05) is 12.8 Å². The molecule has 0 saturated carbocycles. The Morgan fingerprint density at radius 2 is 0.780 bits per heavy atom. The van der Waals surface area contributed by atoms with E-state index in [1.54, 1.807) is 0 Å². The highest BCUT2D eigenvalue weighted by atomic mass is 31.2. The van der Waals surface area contributed by atoms with Gasteiger partial charge in [-0.25, -0.2) is 4.57 Å². The Labute approximate surface area is 509 Å². The minimum absolute atomic E-state index is 0.0386. The number of phosphoric ester groups is 1. The summed E-state index contributed by atoms with van der Waals surface area (Å²) in [6, 6.07) is -0.854. The second-order valence-corrected chi connectivity index (χ2v) is 26.8. The summed E-state index contributed by atoms with van der Waals surface area (Å²) in [6.45, 7) is 6.94. The highest BCUT2D eigenvalue weighted by molar-refractivity contribution is 7.47. The van der Waals surface area contributed by atoms with E-state index in [-0.39, 0.29) is 25.1 Å². The molecule has 0 aromatic rings. The molecule has 10 heteroatoms. The molecular formula is C72H138N2O7P+. The van der Waals surface area contributed by atoms with Gasteiger partial charge >= 0.3 is 13.8 Å². The number of amides is 1. The highest BCUT2D eigenvalue weighted by Crippen LogP contribution is 2.43. The lowest BCUT2D eigenvalue weighted by molar-refractivity contribution is -0.870. The molecular weight excluding hydrogens is 1040 g/mol. The molecule has 2 N–H and O–H groups in total. The summed E-state index contributed by atoms with van der Waals surface area (Å²) >= 11 is 0. The molecule has 0 saturated heterocycles. The van der Waals surface area contributed by atoms with Gasteiger partial charge in [0.15, 0.2) is 0 Å². The van der Waals surface area contributed by atoms with E-state index in [4.69, 9.17) is 13.8 Å². The lowest BCUT2D eigenvalue weighted by atomic mass is 10.0. The Kier molecular flexibility index (Phi) is 60.5. The largest absolute Gasteiger partial charge is 0.472 e. The number of likely N-dealkylation sites (N-methyl/N-ethyl adjacent to an activating group) is 1. The Morgan fingerprint density at radius 3 is 1.17 bits per heavy atom. The van der Waals surface area contributed by atoms with Crippen molar-refractivity contribution in [2.24, 2.45) is 0 Å². The number of hydrogen-bond donors (Lipinski definition) is 2. The van der Waals surface area contributed by atoms with Gasteiger partial charge < -0.3 is 19.4 Å². The van der Waals surface area contributed by atoms with Crippen LogP contribution in [0.1, 0.15) is 348 Å². The van der Waals surface area contributed by atoms with Crippen LogP contribution >= 0.6 is 7.82 Å². The Bertz CT molecular complexity index is 1540. The number of ether oxygens (including phenoxy) is 1. The molecule has 0 aliphatic carbocycles. The molecule has 3 atom stereocenters. The second-order valence-electron chi connectivity index (χ2n) is 25.4. The van der Waals surface area contributed by atoms with Crippen molar-refractivity contribution >= 4 is 19.7 Å². The quantitative estimate of drug-likeness (QED) is 0.0205. The summed E-state index contributed by atoms with van der Waals surface area (Å²) < 4.78 is 30.8. The fourth-order valence-electron chi connectivity index (χ4n) is 10.6. The van der Waals surface area contributed by atoms with Gasteiger partial charge in [-0.1, -0.05) is 320 Å². The number of hydrogen-bond acceptors (Lipinski definition) is 6. The maximum Gasteiger partial charge on any atom is 0.472 e. The first-order valence-corrected chi connectivity index (χ1v) is 37.0. The monoisotopic (exact) mass is 1170 g/mol. The summed E-state index contributed by atoms with van der Waals surface area (Å²) in [5, 5.41) is 3.06. The maximum absolute atomic E-state index is 13.6. The number of esters is 1. The summed E-state index contributed by atoms with van der Waals surface area (Å²) in [5.41, 5.74) is 0. The first-order valence-electron chi connectivity index (χ1n) is 35.5. The van der Waals surface area contributed by atoms with E-state index < -0.39 is 20.0 Å². The molecule has 3 unspecified atom stereocenters. The smallest absolute Gasteiger partial charge is 0.456 e. The molecule has 0 heterocycles. The normalized spacial score (nSPS) is 13.8. The van der Waals surface area contributed by atoms with Gasteiger partial charge in [-0.3, -0.25) is 18.6 Å². The zero-order valence-electron chi connectivity index (χ0n) is 55.2. The van der Waals surface area contributed by atoms with Crippen LogP contribution in [-0.4, -0.2) is 74.3 Å². The lowest BCUT2D eigenvalue weighted by Gasteiger charge is -2.27. The number of unbranched alkanes of at least 4 members (excludes halogenated alkanes) is 43. The van der Waals surface area contributed by atoms with Gasteiger partial charge in [0.05, 0.1) is 33.8 Å². The van der Waals surface area contributed by atoms with Crippen LogP contribution in [0.5, 0.6) is 0 Å². The molecule has 0 spiro atoms. The summed E-state index contributed by atoms with van der Waals surface area (Å²) in [4.78, 5) is 37.9. The van der Waals surface area contributed by atoms with E-state index >= 15 is 0 Å². The second kappa shape index (κ2) is 62.0. The summed E-state index contributed by atoms with van der Waals surface area (Å²) in [5.74, 6) is -0.504. The van der Waals surface area contributed by atoms with Crippen molar-refractivity contribution in [1.29, 1.82) is 0 Å². The fourth-order valence-corrected chi connectivity index (χ4v) is 11.3. The summed E-state index contributed by atoms with van der Waals surface area (Å²) in [6.07, 6.45) is 78.5. The van der Waals surface area contributed by atoms with Crippen molar-refractivity contribution in [3.63, 3.8) is 0 Å². The van der Waals surface area contributed by atoms with E-state index in [0.29, 0.717) is 23.9 Å². The third-order valence-electron chi connectivity index (χ3n) is 16.0. The van der Waals surface area contributed by atoms with E-state index in [2.05, 4.69) is 62.5 Å². The Hall–Kier alpha value is -2.03. The summed E-state index contributed by atoms with van der Waals surface area (Å²) in [7, 11) is 1.50. The molecule has 482 valence electrons. The zero-order valence-corrected chi connectivity index (χ0v) is 56.1. The van der Waals surface area contributed by atoms with E-state index in [9.17, 15) is 19.0 Å². The van der Waals surface area contributed by atoms with Crippen molar-refractivity contribution in [1.82, 2.24) is 5.32 Å². The van der Waals surface area contributed by atoms with Crippen LogP contribution in [0.4, 0.5) is 0 Å². The molecule has 0 aliphatic rings. The first-order chi connectivity index (χ1) is 39.9. The molecule has 82 heavy (non-hydrogen) atoms. The van der Waals surface area contributed by atoms with Crippen LogP contribution in [0, 0.1) is 0 Å². The van der Waals surface area contributed by atoms with Crippen molar-refractivity contribution in [2.75, 3.05) is 40.9 Å². The number of carbonyl (C=O) groups excluding carboxylic acids is 2. The highest BCUT2D eigenvalue weighted by Gasteiger charge is 2.30. The average Bonchev–Trinajstić information content (AvgIpc) is 3.45. The van der Waals surface area contributed by atoms with E-state index in [1.807, 2.05) is 33.3 Å². The molecule has 1 amide bonds. The number of nitrogens with zero attached hydrogens (tertiary/aromatic N) is 1. The Balaban J connectivity index is 5.01. The molecule has 0 rings (SSSR count). The average molecular weight is 1170 g/mol. The van der Waals surface area contributed by atoms with Crippen molar-refractivity contribution in [3.8, 4) is 0 Å². The number of nitrogens with one attached hydrogen (secondary N) is 1. The molecule has 0 aromatic heterocycles. The maximum atomic E-state index is 13.6. The number of quaternary nitrogens is 1. The zero-order chi connectivity index (χ0) is 60.0. The van der Waals surface area contributed by atoms with Gasteiger partial charge in [-0.2, -0.15) is 0 Å². The van der Waals surface area contributed by atoms with Crippen molar-refractivity contribution < 1.29 is 37.3 Å². The van der Waals surface area contributed by atoms with Gasteiger partial charge in [0.1, 0.15) is 19.3 Å². The SMILES string of the molecule is CC/C=C/C/C=C/C/C=C/CCCCCCCCC(=O)NC(COP(=O)(O)OCC[N+](C)(C)C)C(/C=C\CCCCCCCCCCCCC)OC(=O)CCCCCCCCCCCCCCCCCCCCCCCCCCCCC. The van der Waals surface area contributed by atoms with E-state index in [1.165, 1.54) is 225 Å². The first kappa shape index (κ1) is 80.0. The molecule has 0 fully saturated rings. The molecule has 0 bridgehead atoms. The van der Waals surface area contributed by atoms with Crippen molar-refractivity contribution in [2.45, 2.75) is 360 Å². The fraction of sp³-hybridized carbons (Fsp3) is 0.861. The standard InChI is InChI=1S/C72H137N2O7P/c1-7-10-13-16-19-22-25-28-30-32-33-34-35-36-37-38-39-40-41-42-44-47-50-53-56-59-62-65-72(76)81-70(63-60-57-54-51-48-45-27-24-21-18-15-12-9-3)69(68-80-82(77,78)79-67-66-74(4,5)6)73-71(75)64-61-58-55-52-49-46-43-31-29-26-23-20-17-14-11-8-2/h11,14,20,23,29,31,60,63,69-70H,7-10,12-13,15-19,21-22,24-28,30,32-59,61-62,64-68H2,1-6H3,(H-,73,75,77,78)/p+1/b14-11+,23-20+,31-29+,63-60-. The van der Waals surface area contributed by atoms with Crippen LogP contribution in [0.15, 0.2) is 48.6 Å². The molecule has 0 aliphatic heterocycles. The lowest BCUT2D eigenvalue weighted by Crippen LogP contribution is -2.47. The minimum atomic E-state index is -4.45. The predicted octanol–water partition coefficient (Wildman–Crippen LogP) is 22.4. The Morgan fingerprint density at radius 1 is 0.439 bits per heavy atom. The third kappa shape index (κ3) is 62.5. The van der Waals surface area contributed by atoms with Gasteiger partial charge in [0.25, 0.3) is 0 Å². The van der Waals surface area contributed by atoms with Gasteiger partial charge in [0.2, 0.25) is 5.91 Å². The number of rotatable bonds is 65. The van der Waals surface area contributed by atoms with Crippen LogP contribution in [0.25, 0.3) is 0 Å². The van der Waals surface area contributed by atoms with Crippen molar-refractivity contribution in [3.05, 3.63) is 48.6 Å². The van der Waals surface area contributed by atoms with E-state index in [0.717, 1.165) is 89.9 Å². The number of phosphoric acid groups is 1. The topological polar surface area (TPSA) is 111 Å². The molecule has 0 aromatic carbocycles. The molecule has 0 radical (unpaired) electrons. The minimum Gasteiger partial charge on any atom is -0.456 e. The number of allylic oxidation sites excluding steroid dienone is 7. The third-order valence-corrected chi connectivity index (χ3v) is 17.0. The van der Waals surface area contributed by atoms with Gasteiger partial charge in [-0.15, -0.1) is 0 Å². The van der Waals surface area contributed by atoms with Crippen LogP contribution < -0.4 is 5.32 Å².